The molecule has 0 aromatic carbocycles. The maximum Gasteiger partial charge on any atom is 0.0810 e. The highest BCUT2D eigenvalue weighted by atomic mass is 79.9. The summed E-state index contributed by atoms with van der Waals surface area (Å²) in [5.74, 6) is 0.761. The Labute approximate surface area is 76.9 Å². The molecule has 0 radical (unpaired) electrons. The molecular weight excluding hydrogens is 204 g/mol. The van der Waals surface area contributed by atoms with Crippen LogP contribution in [0.15, 0.2) is 12.7 Å². The Morgan fingerprint density at radius 1 is 1.73 bits per heavy atom. The van der Waals surface area contributed by atoms with Crippen molar-refractivity contribution in [3.05, 3.63) is 12.7 Å². The van der Waals surface area contributed by atoms with Crippen LogP contribution in [-0.2, 0) is 4.74 Å². The van der Waals surface area contributed by atoms with Crippen LogP contribution in [0, 0.1) is 5.92 Å². The molecule has 1 rings (SSSR count). The minimum atomic E-state index is 0.585. The van der Waals surface area contributed by atoms with Gasteiger partial charge in [0.2, 0.25) is 0 Å². The predicted octanol–water partition coefficient (Wildman–Crippen LogP) is 2.75. The highest BCUT2D eigenvalue weighted by Crippen LogP contribution is 2.22. The van der Waals surface area contributed by atoms with Crippen LogP contribution in [0.5, 0.6) is 0 Å². The van der Waals surface area contributed by atoms with Crippen LogP contribution in [0.3, 0.4) is 0 Å². The molecule has 0 aromatic rings. The summed E-state index contributed by atoms with van der Waals surface area (Å²) >= 11 is 3.50. The maximum atomic E-state index is 5.14. The van der Waals surface area contributed by atoms with E-state index in [2.05, 4.69) is 22.5 Å². The molecule has 0 saturated carbocycles. The van der Waals surface area contributed by atoms with Gasteiger partial charge in [0.25, 0.3) is 0 Å². The SMILES string of the molecule is C=CCC(CBr)CCC1CO1. The van der Waals surface area contributed by atoms with E-state index in [-0.39, 0.29) is 0 Å². The Morgan fingerprint density at radius 3 is 2.91 bits per heavy atom. The molecule has 0 spiro atoms. The summed E-state index contributed by atoms with van der Waals surface area (Å²) < 4.78 is 5.14. The molecule has 1 heterocycles. The monoisotopic (exact) mass is 218 g/mol. The van der Waals surface area contributed by atoms with Gasteiger partial charge in [-0.15, -0.1) is 6.58 Å². The lowest BCUT2D eigenvalue weighted by molar-refractivity contribution is 0.375. The average Bonchev–Trinajstić information content (AvgIpc) is 2.81. The Kier molecular flexibility index (Phi) is 4.16. The van der Waals surface area contributed by atoms with Crippen molar-refractivity contribution in [2.24, 2.45) is 5.92 Å². The third-order valence-corrected chi connectivity index (χ3v) is 2.93. The van der Waals surface area contributed by atoms with Crippen molar-refractivity contribution < 1.29 is 4.74 Å². The van der Waals surface area contributed by atoms with E-state index in [0.29, 0.717) is 6.10 Å². The quantitative estimate of drug-likeness (QED) is 0.380. The van der Waals surface area contributed by atoms with Crippen molar-refractivity contribution in [2.45, 2.75) is 25.4 Å². The lowest BCUT2D eigenvalue weighted by Gasteiger charge is -2.09. The Morgan fingerprint density at radius 2 is 2.45 bits per heavy atom. The number of epoxide rings is 1. The Hall–Kier alpha value is 0.180. The van der Waals surface area contributed by atoms with Gasteiger partial charge < -0.3 is 4.74 Å². The molecule has 11 heavy (non-hydrogen) atoms. The molecule has 1 fully saturated rings. The van der Waals surface area contributed by atoms with Crippen molar-refractivity contribution >= 4 is 15.9 Å². The molecule has 1 aliphatic rings. The van der Waals surface area contributed by atoms with Crippen LogP contribution in [0.25, 0.3) is 0 Å². The van der Waals surface area contributed by atoms with Crippen molar-refractivity contribution in [2.75, 3.05) is 11.9 Å². The first-order valence-corrected chi connectivity index (χ1v) is 5.27. The van der Waals surface area contributed by atoms with Crippen LogP contribution < -0.4 is 0 Å². The third kappa shape index (κ3) is 3.92. The summed E-state index contributed by atoms with van der Waals surface area (Å²) in [6.07, 6.45) is 6.20. The fourth-order valence-corrected chi connectivity index (χ4v) is 1.74. The normalized spacial score (nSPS) is 24.6. The number of alkyl halides is 1. The van der Waals surface area contributed by atoms with Gasteiger partial charge >= 0.3 is 0 Å². The van der Waals surface area contributed by atoms with E-state index in [1.807, 2.05) is 6.08 Å². The van der Waals surface area contributed by atoms with Gasteiger partial charge in [0.05, 0.1) is 12.7 Å². The zero-order valence-electron chi connectivity index (χ0n) is 6.76. The fourth-order valence-electron chi connectivity index (χ4n) is 1.15. The second kappa shape index (κ2) is 4.94. The summed E-state index contributed by atoms with van der Waals surface area (Å²) in [7, 11) is 0. The van der Waals surface area contributed by atoms with Gasteiger partial charge in [-0.25, -0.2) is 0 Å². The van der Waals surface area contributed by atoms with Crippen LogP contribution in [0.2, 0.25) is 0 Å². The van der Waals surface area contributed by atoms with E-state index < -0.39 is 0 Å². The van der Waals surface area contributed by atoms with Crippen molar-refractivity contribution in [3.8, 4) is 0 Å². The van der Waals surface area contributed by atoms with Crippen molar-refractivity contribution in [1.29, 1.82) is 0 Å². The topological polar surface area (TPSA) is 12.5 Å². The van der Waals surface area contributed by atoms with Gasteiger partial charge in [-0.1, -0.05) is 22.0 Å². The van der Waals surface area contributed by atoms with Gasteiger partial charge in [-0.2, -0.15) is 0 Å². The molecule has 0 N–H and O–H groups in total. The zero-order chi connectivity index (χ0) is 8.10. The van der Waals surface area contributed by atoms with Crippen LogP contribution >= 0.6 is 15.9 Å². The number of rotatable bonds is 6. The molecule has 1 saturated heterocycles. The van der Waals surface area contributed by atoms with E-state index in [4.69, 9.17) is 4.74 Å². The number of allylic oxidation sites excluding steroid dienone is 1. The van der Waals surface area contributed by atoms with Crippen LogP contribution in [0.1, 0.15) is 19.3 Å². The predicted molar refractivity (Wildman–Crippen MR) is 51.1 cm³/mol. The van der Waals surface area contributed by atoms with Gasteiger partial charge in [0, 0.05) is 5.33 Å². The number of hydrogen-bond acceptors (Lipinski definition) is 1. The molecular formula is C9H15BrO. The minimum absolute atomic E-state index is 0.585. The van der Waals surface area contributed by atoms with Crippen LogP contribution in [-0.4, -0.2) is 18.0 Å². The third-order valence-electron chi connectivity index (χ3n) is 2.02. The molecule has 0 bridgehead atoms. The summed E-state index contributed by atoms with van der Waals surface area (Å²) in [5.41, 5.74) is 0. The Bertz CT molecular complexity index is 121. The maximum absolute atomic E-state index is 5.14. The zero-order valence-corrected chi connectivity index (χ0v) is 8.35. The van der Waals surface area contributed by atoms with Gasteiger partial charge in [0.1, 0.15) is 0 Å². The molecule has 2 unspecified atom stereocenters. The second-order valence-electron chi connectivity index (χ2n) is 3.08. The molecule has 1 aliphatic heterocycles. The smallest absolute Gasteiger partial charge is 0.0810 e. The molecule has 0 aliphatic carbocycles. The van der Waals surface area contributed by atoms with Crippen molar-refractivity contribution in [3.63, 3.8) is 0 Å². The number of ether oxygens (including phenoxy) is 1. The summed E-state index contributed by atoms with van der Waals surface area (Å²) in [6, 6.07) is 0. The highest BCUT2D eigenvalue weighted by Gasteiger charge is 2.22. The van der Waals surface area contributed by atoms with Crippen LogP contribution in [0.4, 0.5) is 0 Å². The van der Waals surface area contributed by atoms with Crippen molar-refractivity contribution in [1.82, 2.24) is 0 Å². The molecule has 0 aromatic heterocycles. The van der Waals surface area contributed by atoms with E-state index in [0.717, 1.165) is 24.3 Å². The molecule has 64 valence electrons. The van der Waals surface area contributed by atoms with E-state index >= 15 is 0 Å². The highest BCUT2D eigenvalue weighted by molar-refractivity contribution is 9.09. The summed E-state index contributed by atoms with van der Waals surface area (Å²) in [4.78, 5) is 0. The minimum Gasteiger partial charge on any atom is -0.373 e. The fraction of sp³-hybridized carbons (Fsp3) is 0.778. The summed E-state index contributed by atoms with van der Waals surface area (Å²) in [5, 5.41) is 1.09. The lowest BCUT2D eigenvalue weighted by atomic mass is 10.0. The number of halogens is 1. The number of hydrogen-bond donors (Lipinski definition) is 0. The standard InChI is InChI=1S/C9H15BrO/c1-2-3-8(6-10)4-5-9-7-11-9/h2,8-9H,1,3-7H2. The molecule has 2 heteroatoms. The van der Waals surface area contributed by atoms with Gasteiger partial charge in [0.15, 0.2) is 0 Å². The first-order chi connectivity index (χ1) is 5.36. The summed E-state index contributed by atoms with van der Waals surface area (Å²) in [6.45, 7) is 4.73. The Balaban J connectivity index is 2.03. The van der Waals surface area contributed by atoms with Gasteiger partial charge in [-0.3, -0.25) is 0 Å². The lowest BCUT2D eigenvalue weighted by Crippen LogP contribution is -2.02. The first-order valence-electron chi connectivity index (χ1n) is 4.15. The first kappa shape index (κ1) is 9.27. The van der Waals surface area contributed by atoms with Gasteiger partial charge in [-0.05, 0) is 25.2 Å². The van der Waals surface area contributed by atoms with E-state index in [1.54, 1.807) is 0 Å². The van der Waals surface area contributed by atoms with E-state index in [9.17, 15) is 0 Å². The molecule has 0 amide bonds. The second-order valence-corrected chi connectivity index (χ2v) is 3.72. The van der Waals surface area contributed by atoms with E-state index in [1.165, 1.54) is 12.8 Å². The molecule has 1 nitrogen and oxygen atoms in total. The molecule has 2 atom stereocenters. The average molecular weight is 219 g/mol. The largest absolute Gasteiger partial charge is 0.373 e.